The average Bonchev–Trinajstić information content (AvgIpc) is 3.06. The Hall–Kier alpha value is -2.58. The summed E-state index contributed by atoms with van der Waals surface area (Å²) in [6, 6.07) is 20.7. The van der Waals surface area contributed by atoms with Crippen LogP contribution >= 0.6 is 11.8 Å². The van der Waals surface area contributed by atoms with Gasteiger partial charge in [-0.2, -0.15) is 5.26 Å². The second-order valence-electron chi connectivity index (χ2n) is 5.84. The van der Waals surface area contributed by atoms with Gasteiger partial charge in [0.25, 0.3) is 0 Å². The average molecular weight is 348 g/mol. The van der Waals surface area contributed by atoms with E-state index in [9.17, 15) is 5.26 Å². The number of aromatic nitrogens is 3. The Morgan fingerprint density at radius 1 is 1.08 bits per heavy atom. The minimum atomic E-state index is -0.194. The van der Waals surface area contributed by atoms with E-state index in [0.29, 0.717) is 6.42 Å². The van der Waals surface area contributed by atoms with Crippen molar-refractivity contribution in [3.8, 4) is 17.5 Å². The molecule has 0 saturated carbocycles. The summed E-state index contributed by atoms with van der Waals surface area (Å²) in [5.74, 6) is 0.845. The molecular formula is C20H20N4S. The first-order chi connectivity index (χ1) is 12.2. The summed E-state index contributed by atoms with van der Waals surface area (Å²) in [4.78, 5) is 0. The molecule has 2 aromatic carbocycles. The Bertz CT molecular complexity index is 863. The molecule has 0 aliphatic rings. The first kappa shape index (κ1) is 17.2. The summed E-state index contributed by atoms with van der Waals surface area (Å²) in [7, 11) is 0. The lowest BCUT2D eigenvalue weighted by Gasteiger charge is -2.11. The molecule has 0 bridgehead atoms. The highest BCUT2D eigenvalue weighted by Gasteiger charge is 2.18. The van der Waals surface area contributed by atoms with E-state index in [0.717, 1.165) is 28.7 Å². The zero-order chi connectivity index (χ0) is 17.6. The third-order valence-corrected chi connectivity index (χ3v) is 5.07. The Balaban J connectivity index is 1.80. The maximum Gasteiger partial charge on any atom is 0.192 e. The van der Waals surface area contributed by atoms with Crippen LogP contribution in [0.3, 0.4) is 0 Å². The van der Waals surface area contributed by atoms with E-state index in [1.807, 2.05) is 30.3 Å². The number of nitrogens with zero attached hydrogens (tertiary/aromatic N) is 4. The Morgan fingerprint density at radius 2 is 1.80 bits per heavy atom. The topological polar surface area (TPSA) is 54.5 Å². The van der Waals surface area contributed by atoms with Gasteiger partial charge in [0.2, 0.25) is 0 Å². The second kappa shape index (κ2) is 8.00. The van der Waals surface area contributed by atoms with Crippen molar-refractivity contribution in [1.29, 1.82) is 5.26 Å². The lowest BCUT2D eigenvalue weighted by molar-refractivity contribution is 0.686. The molecule has 25 heavy (non-hydrogen) atoms. The van der Waals surface area contributed by atoms with Gasteiger partial charge in [-0.25, -0.2) is 0 Å². The summed E-state index contributed by atoms with van der Waals surface area (Å²) in [6.45, 7) is 4.90. The van der Waals surface area contributed by atoms with E-state index in [1.165, 1.54) is 17.3 Å². The fraction of sp³-hybridized carbons (Fsp3) is 0.250. The lowest BCUT2D eigenvalue weighted by Crippen LogP contribution is -2.07. The molecule has 0 aliphatic heterocycles. The van der Waals surface area contributed by atoms with Crippen LogP contribution in [0.5, 0.6) is 0 Å². The van der Waals surface area contributed by atoms with E-state index in [-0.39, 0.29) is 5.25 Å². The van der Waals surface area contributed by atoms with Crippen LogP contribution in [0, 0.1) is 18.3 Å². The Kier molecular flexibility index (Phi) is 5.52. The van der Waals surface area contributed by atoms with Crippen molar-refractivity contribution in [3.63, 3.8) is 0 Å². The molecule has 0 unspecified atom stereocenters. The van der Waals surface area contributed by atoms with Crippen molar-refractivity contribution in [2.75, 3.05) is 0 Å². The molecule has 0 aliphatic carbocycles. The van der Waals surface area contributed by atoms with Crippen LogP contribution in [0.15, 0.2) is 59.8 Å². The van der Waals surface area contributed by atoms with E-state index < -0.39 is 0 Å². The van der Waals surface area contributed by atoms with Crippen molar-refractivity contribution in [1.82, 2.24) is 14.8 Å². The summed E-state index contributed by atoms with van der Waals surface area (Å²) >= 11 is 1.48. The highest BCUT2D eigenvalue weighted by atomic mass is 32.2. The highest BCUT2D eigenvalue weighted by molar-refractivity contribution is 8.00. The molecule has 0 spiro atoms. The summed E-state index contributed by atoms with van der Waals surface area (Å²) in [6.07, 6.45) is 0.693. The quantitative estimate of drug-likeness (QED) is 0.615. The molecule has 126 valence electrons. The first-order valence-corrected chi connectivity index (χ1v) is 9.19. The Morgan fingerprint density at radius 3 is 2.44 bits per heavy atom. The molecule has 3 aromatic rings. The number of aryl methyl sites for hydroxylation is 1. The van der Waals surface area contributed by atoms with Crippen LogP contribution in [0.4, 0.5) is 0 Å². The molecule has 3 rings (SSSR count). The minimum Gasteiger partial charge on any atom is -0.302 e. The van der Waals surface area contributed by atoms with Crippen molar-refractivity contribution in [2.45, 2.75) is 37.2 Å². The first-order valence-electron chi connectivity index (χ1n) is 8.31. The predicted octanol–water partition coefficient (Wildman–Crippen LogP) is 4.50. The number of thioether (sulfide) groups is 1. The molecule has 0 N–H and O–H groups in total. The summed E-state index contributed by atoms with van der Waals surface area (Å²) in [5.41, 5.74) is 3.43. The van der Waals surface area contributed by atoms with Crippen molar-refractivity contribution >= 4 is 11.8 Å². The monoisotopic (exact) mass is 348 g/mol. The van der Waals surface area contributed by atoms with E-state index >= 15 is 0 Å². The molecular weight excluding hydrogens is 328 g/mol. The third kappa shape index (κ3) is 4.09. The van der Waals surface area contributed by atoms with Crippen molar-refractivity contribution < 1.29 is 0 Å². The predicted molar refractivity (Wildman–Crippen MR) is 101 cm³/mol. The van der Waals surface area contributed by atoms with E-state index in [4.69, 9.17) is 0 Å². The minimum absolute atomic E-state index is 0.194. The second-order valence-corrected chi connectivity index (χ2v) is 7.01. The van der Waals surface area contributed by atoms with Gasteiger partial charge in [-0.05, 0) is 25.8 Å². The Labute approximate surface area is 152 Å². The van der Waals surface area contributed by atoms with Gasteiger partial charge in [-0.15, -0.1) is 10.2 Å². The number of benzene rings is 2. The number of rotatable bonds is 6. The highest BCUT2D eigenvalue weighted by Crippen LogP contribution is 2.28. The van der Waals surface area contributed by atoms with Gasteiger partial charge < -0.3 is 4.57 Å². The largest absolute Gasteiger partial charge is 0.302 e. The van der Waals surface area contributed by atoms with E-state index in [2.05, 4.69) is 58.9 Å². The van der Waals surface area contributed by atoms with Crippen LogP contribution in [-0.2, 0) is 13.0 Å². The molecule has 1 atom stereocenters. The lowest BCUT2D eigenvalue weighted by atomic mass is 10.1. The fourth-order valence-electron chi connectivity index (χ4n) is 2.64. The molecule has 0 saturated heterocycles. The van der Waals surface area contributed by atoms with Crippen LogP contribution in [0.1, 0.15) is 18.1 Å². The smallest absolute Gasteiger partial charge is 0.192 e. The molecule has 4 nitrogen and oxygen atoms in total. The molecule has 5 heteroatoms. The molecule has 0 fully saturated rings. The maximum absolute atomic E-state index is 9.56. The van der Waals surface area contributed by atoms with Crippen molar-refractivity contribution in [2.24, 2.45) is 0 Å². The molecule has 1 aromatic heterocycles. The standard InChI is InChI=1S/C20H20N4S/c1-3-24-19(17-7-5-4-6-8-17)22-23-20(24)25-18(14-21)13-16-11-9-15(2)10-12-16/h4-12,18H,3,13H2,1-2H3/t18-/m1/s1. The van der Waals surface area contributed by atoms with Crippen LogP contribution in [0.25, 0.3) is 11.4 Å². The van der Waals surface area contributed by atoms with Gasteiger partial charge in [0.1, 0.15) is 5.25 Å². The van der Waals surface area contributed by atoms with E-state index in [1.54, 1.807) is 0 Å². The van der Waals surface area contributed by atoms with Crippen LogP contribution in [0.2, 0.25) is 0 Å². The SMILES string of the molecule is CCn1c(S[C@@H](C#N)Cc2ccc(C)cc2)nnc1-c1ccccc1. The maximum atomic E-state index is 9.56. The zero-order valence-corrected chi connectivity index (χ0v) is 15.2. The molecule has 1 heterocycles. The third-order valence-electron chi connectivity index (χ3n) is 4.00. The zero-order valence-electron chi connectivity index (χ0n) is 14.4. The van der Waals surface area contributed by atoms with Gasteiger partial charge in [0, 0.05) is 12.1 Å². The van der Waals surface area contributed by atoms with Gasteiger partial charge >= 0.3 is 0 Å². The summed E-state index contributed by atoms with van der Waals surface area (Å²) in [5, 5.41) is 18.8. The fourth-order valence-corrected chi connectivity index (χ4v) is 3.65. The van der Waals surface area contributed by atoms with Gasteiger partial charge in [0.05, 0.1) is 6.07 Å². The molecule has 0 amide bonds. The normalized spacial score (nSPS) is 11.9. The number of nitriles is 1. The van der Waals surface area contributed by atoms with Gasteiger partial charge in [-0.1, -0.05) is 71.9 Å². The van der Waals surface area contributed by atoms with Crippen LogP contribution in [-0.4, -0.2) is 20.0 Å². The number of hydrogen-bond donors (Lipinski definition) is 0. The van der Waals surface area contributed by atoms with Crippen molar-refractivity contribution in [3.05, 3.63) is 65.7 Å². The van der Waals surface area contributed by atoms with Gasteiger partial charge in [0.15, 0.2) is 11.0 Å². The van der Waals surface area contributed by atoms with Gasteiger partial charge in [-0.3, -0.25) is 0 Å². The van der Waals surface area contributed by atoms with Crippen LogP contribution < -0.4 is 0 Å². The number of hydrogen-bond acceptors (Lipinski definition) is 4. The summed E-state index contributed by atoms with van der Waals surface area (Å²) < 4.78 is 2.07. The molecule has 0 radical (unpaired) electrons.